The maximum absolute atomic E-state index is 11.4. The molecule has 0 aliphatic heterocycles. The minimum atomic E-state index is -0.584. The SMILES string of the molecule is NC(=O)c1nn(-c2cncc(Br)c2)c2ncccc12. The maximum atomic E-state index is 11.4. The van der Waals surface area contributed by atoms with Gasteiger partial charge < -0.3 is 5.73 Å². The standard InChI is InChI=1S/C12H8BrN5O/c13-7-4-8(6-15-5-7)18-12-9(2-1-3-16-12)10(17-18)11(14)19/h1-6H,(H2,14,19). The van der Waals surface area contributed by atoms with Crippen molar-refractivity contribution in [3.63, 3.8) is 0 Å². The molecule has 2 N–H and O–H groups in total. The van der Waals surface area contributed by atoms with E-state index in [0.29, 0.717) is 16.7 Å². The third kappa shape index (κ3) is 1.97. The molecule has 3 aromatic heterocycles. The molecule has 0 radical (unpaired) electrons. The number of pyridine rings is 2. The lowest BCUT2D eigenvalue weighted by Gasteiger charge is -2.01. The predicted molar refractivity (Wildman–Crippen MR) is 72.9 cm³/mol. The molecule has 0 saturated heterocycles. The molecule has 3 heterocycles. The first-order valence-corrected chi connectivity index (χ1v) is 6.20. The minimum absolute atomic E-state index is 0.197. The number of nitrogens with zero attached hydrogens (tertiary/aromatic N) is 4. The molecule has 0 atom stereocenters. The fraction of sp³-hybridized carbons (Fsp3) is 0. The van der Waals surface area contributed by atoms with Gasteiger partial charge in [-0.3, -0.25) is 9.78 Å². The number of carbonyl (C=O) groups is 1. The van der Waals surface area contributed by atoms with Crippen LogP contribution in [0.3, 0.4) is 0 Å². The Balaban J connectivity index is 2.33. The van der Waals surface area contributed by atoms with Crippen LogP contribution in [0.5, 0.6) is 0 Å². The molecule has 1 amide bonds. The highest BCUT2D eigenvalue weighted by atomic mass is 79.9. The van der Waals surface area contributed by atoms with Crippen LogP contribution >= 0.6 is 15.9 Å². The van der Waals surface area contributed by atoms with E-state index in [1.54, 1.807) is 35.4 Å². The van der Waals surface area contributed by atoms with E-state index in [1.807, 2.05) is 6.07 Å². The Morgan fingerprint density at radius 2 is 2.21 bits per heavy atom. The summed E-state index contributed by atoms with van der Waals surface area (Å²) in [6.07, 6.45) is 4.94. The smallest absolute Gasteiger partial charge is 0.269 e. The number of rotatable bonds is 2. The summed E-state index contributed by atoms with van der Waals surface area (Å²) in [4.78, 5) is 19.7. The number of carbonyl (C=O) groups excluding carboxylic acids is 1. The van der Waals surface area contributed by atoms with Crippen LogP contribution in [-0.4, -0.2) is 25.7 Å². The molecule has 0 aliphatic rings. The second-order valence-corrected chi connectivity index (χ2v) is 4.78. The van der Waals surface area contributed by atoms with Crippen LogP contribution < -0.4 is 5.73 Å². The van der Waals surface area contributed by atoms with Gasteiger partial charge in [-0.05, 0) is 34.1 Å². The molecule has 0 aromatic carbocycles. The average Bonchev–Trinajstić information content (AvgIpc) is 2.78. The highest BCUT2D eigenvalue weighted by Crippen LogP contribution is 2.21. The summed E-state index contributed by atoms with van der Waals surface area (Å²) in [7, 11) is 0. The number of hydrogen-bond donors (Lipinski definition) is 1. The van der Waals surface area contributed by atoms with Crippen LogP contribution in [0.25, 0.3) is 16.7 Å². The first-order chi connectivity index (χ1) is 9.16. The van der Waals surface area contributed by atoms with Crippen molar-refractivity contribution in [1.82, 2.24) is 19.7 Å². The Bertz CT molecular complexity index is 783. The Kier molecular flexibility index (Phi) is 2.75. The monoisotopic (exact) mass is 317 g/mol. The Hall–Kier alpha value is -2.28. The Morgan fingerprint density at radius 1 is 1.37 bits per heavy atom. The molecule has 7 heteroatoms. The van der Waals surface area contributed by atoms with E-state index in [2.05, 4.69) is 31.0 Å². The van der Waals surface area contributed by atoms with Crippen molar-refractivity contribution in [2.45, 2.75) is 0 Å². The second kappa shape index (κ2) is 4.43. The lowest BCUT2D eigenvalue weighted by Crippen LogP contribution is -2.12. The molecule has 0 spiro atoms. The summed E-state index contributed by atoms with van der Waals surface area (Å²) < 4.78 is 2.36. The summed E-state index contributed by atoms with van der Waals surface area (Å²) in [5, 5.41) is 4.84. The van der Waals surface area contributed by atoms with Gasteiger partial charge in [-0.15, -0.1) is 0 Å². The minimum Gasteiger partial charge on any atom is -0.364 e. The molecule has 0 unspecified atom stereocenters. The summed E-state index contributed by atoms with van der Waals surface area (Å²) in [5.41, 5.74) is 6.80. The van der Waals surface area contributed by atoms with E-state index in [4.69, 9.17) is 5.73 Å². The number of nitrogens with two attached hydrogens (primary N) is 1. The van der Waals surface area contributed by atoms with Gasteiger partial charge in [-0.1, -0.05) is 0 Å². The largest absolute Gasteiger partial charge is 0.364 e. The van der Waals surface area contributed by atoms with Crippen LogP contribution in [0.15, 0.2) is 41.3 Å². The first kappa shape index (κ1) is 11.8. The zero-order valence-electron chi connectivity index (χ0n) is 9.62. The van der Waals surface area contributed by atoms with Gasteiger partial charge in [0, 0.05) is 16.9 Å². The number of amides is 1. The highest BCUT2D eigenvalue weighted by molar-refractivity contribution is 9.10. The zero-order chi connectivity index (χ0) is 13.4. The second-order valence-electron chi connectivity index (χ2n) is 3.86. The number of fused-ring (bicyclic) bond motifs is 1. The van der Waals surface area contributed by atoms with Crippen molar-refractivity contribution in [3.8, 4) is 5.69 Å². The van der Waals surface area contributed by atoms with Gasteiger partial charge in [0.15, 0.2) is 11.3 Å². The molecule has 6 nitrogen and oxygen atoms in total. The summed E-state index contributed by atoms with van der Waals surface area (Å²) in [6.45, 7) is 0. The van der Waals surface area contributed by atoms with Gasteiger partial charge in [-0.2, -0.15) is 5.10 Å². The van der Waals surface area contributed by atoms with Gasteiger partial charge in [0.2, 0.25) is 0 Å². The fourth-order valence-electron chi connectivity index (χ4n) is 1.83. The molecule has 0 saturated carbocycles. The quantitative estimate of drug-likeness (QED) is 0.779. The topological polar surface area (TPSA) is 86.7 Å². The molecular weight excluding hydrogens is 310 g/mol. The van der Waals surface area contributed by atoms with Gasteiger partial charge in [0.1, 0.15) is 0 Å². The van der Waals surface area contributed by atoms with E-state index in [1.165, 1.54) is 0 Å². The zero-order valence-corrected chi connectivity index (χ0v) is 11.2. The van der Waals surface area contributed by atoms with Crippen molar-refractivity contribution >= 4 is 32.9 Å². The van der Waals surface area contributed by atoms with Crippen molar-refractivity contribution in [3.05, 3.63) is 47.0 Å². The molecule has 19 heavy (non-hydrogen) atoms. The van der Waals surface area contributed by atoms with E-state index in [9.17, 15) is 4.79 Å². The maximum Gasteiger partial charge on any atom is 0.269 e. The van der Waals surface area contributed by atoms with Crippen molar-refractivity contribution in [1.29, 1.82) is 0 Å². The predicted octanol–water partition coefficient (Wildman–Crippen LogP) is 1.68. The molecular formula is C12H8BrN5O. The summed E-state index contributed by atoms with van der Waals surface area (Å²) in [6, 6.07) is 5.33. The number of primary amides is 1. The molecule has 0 fully saturated rings. The third-order valence-corrected chi connectivity index (χ3v) is 3.04. The fourth-order valence-corrected chi connectivity index (χ4v) is 2.18. The number of hydrogen-bond acceptors (Lipinski definition) is 4. The van der Waals surface area contributed by atoms with Crippen molar-refractivity contribution in [2.75, 3.05) is 0 Å². The van der Waals surface area contributed by atoms with E-state index < -0.39 is 5.91 Å². The molecule has 0 aliphatic carbocycles. The van der Waals surface area contributed by atoms with E-state index in [0.717, 1.165) is 4.47 Å². The van der Waals surface area contributed by atoms with Gasteiger partial charge in [0.05, 0.1) is 17.3 Å². The normalized spacial score (nSPS) is 10.8. The van der Waals surface area contributed by atoms with Gasteiger partial charge >= 0.3 is 0 Å². The van der Waals surface area contributed by atoms with Gasteiger partial charge in [-0.25, -0.2) is 9.67 Å². The van der Waals surface area contributed by atoms with Crippen LogP contribution in [-0.2, 0) is 0 Å². The molecule has 0 bridgehead atoms. The van der Waals surface area contributed by atoms with Crippen molar-refractivity contribution < 1.29 is 4.79 Å². The van der Waals surface area contributed by atoms with Crippen LogP contribution in [0.4, 0.5) is 0 Å². The molecule has 3 rings (SSSR count). The number of aromatic nitrogens is 4. The van der Waals surface area contributed by atoms with E-state index in [-0.39, 0.29) is 5.69 Å². The van der Waals surface area contributed by atoms with Crippen LogP contribution in [0.1, 0.15) is 10.5 Å². The third-order valence-electron chi connectivity index (χ3n) is 2.61. The Labute approximate surface area is 116 Å². The van der Waals surface area contributed by atoms with E-state index >= 15 is 0 Å². The molecule has 94 valence electrons. The molecule has 3 aromatic rings. The van der Waals surface area contributed by atoms with Crippen molar-refractivity contribution in [2.24, 2.45) is 5.73 Å². The Morgan fingerprint density at radius 3 is 2.95 bits per heavy atom. The number of halogens is 1. The van der Waals surface area contributed by atoms with Crippen LogP contribution in [0.2, 0.25) is 0 Å². The lowest BCUT2D eigenvalue weighted by atomic mass is 10.2. The lowest BCUT2D eigenvalue weighted by molar-refractivity contribution is 0.0996. The van der Waals surface area contributed by atoms with Crippen LogP contribution in [0, 0.1) is 0 Å². The summed E-state index contributed by atoms with van der Waals surface area (Å²) in [5.74, 6) is -0.584. The summed E-state index contributed by atoms with van der Waals surface area (Å²) >= 11 is 3.34. The average molecular weight is 318 g/mol. The highest BCUT2D eigenvalue weighted by Gasteiger charge is 2.16. The first-order valence-electron chi connectivity index (χ1n) is 5.41. The van der Waals surface area contributed by atoms with Gasteiger partial charge in [0.25, 0.3) is 5.91 Å².